The molecule has 2 N–H and O–H groups in total. The van der Waals surface area contributed by atoms with Gasteiger partial charge in [0.05, 0.1) is 37.6 Å². The number of urea groups is 1. The Labute approximate surface area is 185 Å². The van der Waals surface area contributed by atoms with Crippen molar-refractivity contribution in [3.8, 4) is 11.5 Å². The average Bonchev–Trinajstić information content (AvgIpc) is 3.28. The van der Waals surface area contributed by atoms with Gasteiger partial charge in [0.25, 0.3) is 0 Å². The van der Waals surface area contributed by atoms with Crippen LogP contribution >= 0.6 is 11.6 Å². The number of amides is 2. The first kappa shape index (κ1) is 22.7. The second-order valence-corrected chi connectivity index (χ2v) is 7.51. The fraction of sp³-hybridized carbons (Fsp3) is 0.364. The lowest BCUT2D eigenvalue weighted by Crippen LogP contribution is -2.39. The number of halogens is 1. The number of aromatic hydroxyl groups is 1. The van der Waals surface area contributed by atoms with Crippen molar-refractivity contribution in [2.75, 3.05) is 32.7 Å². The first-order valence-electron chi connectivity index (χ1n) is 9.83. The SMILES string of the molecule is COC(=O)c1cc(Cl)c(NC(=O)N(Cc2ccccc2O)C[C@H]2CCCO2)cc1OC. The highest BCUT2D eigenvalue weighted by Gasteiger charge is 2.25. The molecule has 2 amide bonds. The minimum atomic E-state index is -0.601. The topological polar surface area (TPSA) is 97.3 Å². The third-order valence-electron chi connectivity index (χ3n) is 5.02. The minimum Gasteiger partial charge on any atom is -0.508 e. The second kappa shape index (κ2) is 10.4. The number of para-hydroxylation sites is 1. The van der Waals surface area contributed by atoms with E-state index in [4.69, 9.17) is 25.8 Å². The summed E-state index contributed by atoms with van der Waals surface area (Å²) in [7, 11) is 2.66. The van der Waals surface area contributed by atoms with Crippen molar-refractivity contribution in [1.82, 2.24) is 4.90 Å². The summed E-state index contributed by atoms with van der Waals surface area (Å²) in [6.07, 6.45) is 1.71. The van der Waals surface area contributed by atoms with E-state index in [0.29, 0.717) is 18.7 Å². The number of carbonyl (C=O) groups is 2. The van der Waals surface area contributed by atoms with Crippen LogP contribution in [0.15, 0.2) is 36.4 Å². The van der Waals surface area contributed by atoms with Crippen LogP contribution in [0.1, 0.15) is 28.8 Å². The molecule has 1 atom stereocenters. The number of hydrogen-bond donors (Lipinski definition) is 2. The molecule has 0 unspecified atom stereocenters. The van der Waals surface area contributed by atoms with Crippen LogP contribution in [0, 0.1) is 0 Å². The van der Waals surface area contributed by atoms with Gasteiger partial charge in [-0.3, -0.25) is 0 Å². The molecule has 166 valence electrons. The van der Waals surface area contributed by atoms with Gasteiger partial charge in [0.2, 0.25) is 0 Å². The number of hydrogen-bond acceptors (Lipinski definition) is 6. The highest BCUT2D eigenvalue weighted by Crippen LogP contribution is 2.32. The molecule has 0 bridgehead atoms. The van der Waals surface area contributed by atoms with Crippen LogP contribution < -0.4 is 10.1 Å². The molecule has 1 fully saturated rings. The third-order valence-corrected chi connectivity index (χ3v) is 5.34. The Bertz CT molecular complexity index is 946. The van der Waals surface area contributed by atoms with E-state index in [1.54, 1.807) is 29.2 Å². The van der Waals surface area contributed by atoms with Crippen molar-refractivity contribution in [3.05, 3.63) is 52.5 Å². The van der Waals surface area contributed by atoms with Gasteiger partial charge >= 0.3 is 12.0 Å². The highest BCUT2D eigenvalue weighted by atomic mass is 35.5. The molecule has 1 aliphatic rings. The van der Waals surface area contributed by atoms with Crippen LogP contribution in [-0.4, -0.2) is 55.5 Å². The smallest absolute Gasteiger partial charge is 0.341 e. The van der Waals surface area contributed by atoms with Crippen LogP contribution in [0.3, 0.4) is 0 Å². The van der Waals surface area contributed by atoms with E-state index in [1.165, 1.54) is 26.4 Å². The Morgan fingerprint density at radius 3 is 2.71 bits per heavy atom. The number of methoxy groups -OCH3 is 2. The summed E-state index contributed by atoms with van der Waals surface area (Å²) in [5.74, 6) is -0.274. The summed E-state index contributed by atoms with van der Waals surface area (Å²) in [6, 6.07) is 9.28. The molecule has 8 nitrogen and oxygen atoms in total. The van der Waals surface area contributed by atoms with E-state index >= 15 is 0 Å². The fourth-order valence-corrected chi connectivity index (χ4v) is 3.60. The number of phenols is 1. The maximum atomic E-state index is 13.1. The molecular formula is C22H25ClN2O6. The van der Waals surface area contributed by atoms with Crippen molar-refractivity contribution in [1.29, 1.82) is 0 Å². The number of nitrogens with zero attached hydrogens (tertiary/aromatic N) is 1. The number of benzene rings is 2. The summed E-state index contributed by atoms with van der Waals surface area (Å²) in [6.45, 7) is 1.21. The number of nitrogens with one attached hydrogen (secondary N) is 1. The van der Waals surface area contributed by atoms with E-state index in [1.807, 2.05) is 0 Å². The van der Waals surface area contributed by atoms with Crippen molar-refractivity contribution >= 4 is 29.3 Å². The van der Waals surface area contributed by atoms with Gasteiger partial charge in [0.1, 0.15) is 17.1 Å². The van der Waals surface area contributed by atoms with Crippen LogP contribution in [0.5, 0.6) is 11.5 Å². The van der Waals surface area contributed by atoms with Crippen molar-refractivity contribution < 1.29 is 28.9 Å². The van der Waals surface area contributed by atoms with E-state index in [0.717, 1.165) is 12.8 Å². The summed E-state index contributed by atoms with van der Waals surface area (Å²) in [4.78, 5) is 26.6. The van der Waals surface area contributed by atoms with Crippen molar-refractivity contribution in [2.24, 2.45) is 0 Å². The molecule has 3 rings (SSSR count). The van der Waals surface area contributed by atoms with Gasteiger partial charge in [-0.25, -0.2) is 9.59 Å². The predicted octanol–water partition coefficient (Wildman–Crippen LogP) is 4.05. The second-order valence-electron chi connectivity index (χ2n) is 7.10. The van der Waals surface area contributed by atoms with E-state index in [-0.39, 0.29) is 40.4 Å². The Balaban J connectivity index is 1.83. The molecule has 0 aromatic heterocycles. The standard InChI is InChI=1S/C22H25ClN2O6/c1-29-20-11-18(17(23)10-16(20)21(27)30-2)24-22(28)25(13-15-7-5-9-31-15)12-14-6-3-4-8-19(14)26/h3-4,6,8,10-11,15,26H,5,7,9,12-13H2,1-2H3,(H,24,28)/t15-/m1/s1. The van der Waals surface area contributed by atoms with Crippen LogP contribution in [0.25, 0.3) is 0 Å². The summed E-state index contributed by atoms with van der Waals surface area (Å²) in [5, 5.41) is 13.1. The Kier molecular flexibility index (Phi) is 7.59. The Hall–Kier alpha value is -2.97. The van der Waals surface area contributed by atoms with Crippen molar-refractivity contribution in [3.63, 3.8) is 0 Å². The molecule has 0 aliphatic carbocycles. The van der Waals surface area contributed by atoms with E-state index in [2.05, 4.69) is 5.32 Å². The predicted molar refractivity (Wildman–Crippen MR) is 116 cm³/mol. The Morgan fingerprint density at radius 1 is 1.29 bits per heavy atom. The monoisotopic (exact) mass is 448 g/mol. The number of esters is 1. The van der Waals surface area contributed by atoms with E-state index in [9.17, 15) is 14.7 Å². The molecule has 1 aliphatic heterocycles. The highest BCUT2D eigenvalue weighted by molar-refractivity contribution is 6.34. The zero-order chi connectivity index (χ0) is 22.4. The largest absolute Gasteiger partial charge is 0.508 e. The normalized spacial score (nSPS) is 15.4. The molecule has 2 aromatic carbocycles. The molecule has 1 saturated heterocycles. The fourth-order valence-electron chi connectivity index (χ4n) is 3.39. The molecule has 0 saturated carbocycles. The number of carbonyl (C=O) groups excluding carboxylic acids is 2. The summed E-state index contributed by atoms with van der Waals surface area (Å²) < 4.78 is 15.7. The number of phenolic OH excluding ortho intramolecular Hbond substituents is 1. The summed E-state index contributed by atoms with van der Waals surface area (Å²) >= 11 is 6.30. The molecular weight excluding hydrogens is 424 g/mol. The summed E-state index contributed by atoms with van der Waals surface area (Å²) in [5.41, 5.74) is 1.05. The van der Waals surface area contributed by atoms with Crippen LogP contribution in [0.4, 0.5) is 10.5 Å². The lowest BCUT2D eigenvalue weighted by Gasteiger charge is -2.26. The first-order valence-corrected chi connectivity index (χ1v) is 10.2. The quantitative estimate of drug-likeness (QED) is 0.620. The van der Waals surface area contributed by atoms with Gasteiger partial charge in [-0.2, -0.15) is 0 Å². The third kappa shape index (κ3) is 5.59. The molecule has 2 aromatic rings. The van der Waals surface area contributed by atoms with Gasteiger partial charge < -0.3 is 29.5 Å². The molecule has 31 heavy (non-hydrogen) atoms. The zero-order valence-electron chi connectivity index (χ0n) is 17.4. The average molecular weight is 449 g/mol. The molecule has 1 heterocycles. The van der Waals surface area contributed by atoms with Crippen LogP contribution in [-0.2, 0) is 16.0 Å². The zero-order valence-corrected chi connectivity index (χ0v) is 18.1. The minimum absolute atomic E-state index is 0.0803. The number of anilines is 1. The Morgan fingerprint density at radius 2 is 2.06 bits per heavy atom. The van der Waals surface area contributed by atoms with Gasteiger partial charge in [0.15, 0.2) is 0 Å². The van der Waals surface area contributed by atoms with Gasteiger partial charge in [-0.05, 0) is 25.0 Å². The maximum absolute atomic E-state index is 13.1. The van der Waals surface area contributed by atoms with E-state index < -0.39 is 12.0 Å². The number of ether oxygens (including phenoxy) is 3. The van der Waals surface area contributed by atoms with Gasteiger partial charge in [-0.1, -0.05) is 29.8 Å². The van der Waals surface area contributed by atoms with Gasteiger partial charge in [-0.15, -0.1) is 0 Å². The van der Waals surface area contributed by atoms with Gasteiger partial charge in [0, 0.05) is 24.8 Å². The molecule has 0 radical (unpaired) electrons. The lowest BCUT2D eigenvalue weighted by atomic mass is 10.1. The van der Waals surface area contributed by atoms with Crippen LogP contribution in [0.2, 0.25) is 5.02 Å². The molecule has 9 heteroatoms. The maximum Gasteiger partial charge on any atom is 0.341 e. The lowest BCUT2D eigenvalue weighted by molar-refractivity contribution is 0.0597. The van der Waals surface area contributed by atoms with Crippen molar-refractivity contribution in [2.45, 2.75) is 25.5 Å². The first-order chi connectivity index (χ1) is 14.9. The number of rotatable bonds is 7. The molecule has 0 spiro atoms.